The largest absolute Gasteiger partial charge is 0.463 e. The maximum atomic E-state index is 14.2. The fourth-order valence-electron chi connectivity index (χ4n) is 5.36. The summed E-state index contributed by atoms with van der Waals surface area (Å²) in [6, 6.07) is 19.2. The third-order valence-electron chi connectivity index (χ3n) is 7.03. The average Bonchev–Trinajstić information content (AvgIpc) is 3.40. The molecule has 0 saturated carbocycles. The molecule has 8 nitrogen and oxygen atoms in total. The lowest BCUT2D eigenvalue weighted by atomic mass is 9.82. The number of carbonyl (C=O) groups is 1. The second-order valence-electron chi connectivity index (χ2n) is 9.32. The minimum Gasteiger partial charge on any atom is -0.463 e. The Morgan fingerprint density at radius 3 is 2.47 bits per heavy atom. The highest BCUT2D eigenvalue weighted by Crippen LogP contribution is 2.44. The number of hydrogen-bond donors (Lipinski definition) is 1. The lowest BCUT2D eigenvalue weighted by Gasteiger charge is -2.32. The zero-order valence-electron chi connectivity index (χ0n) is 21.2. The maximum Gasteiger partial charge on any atom is 0.341 e. The van der Waals surface area contributed by atoms with Crippen molar-refractivity contribution in [3.05, 3.63) is 124 Å². The van der Waals surface area contributed by atoms with E-state index < -0.39 is 11.9 Å². The van der Waals surface area contributed by atoms with Crippen LogP contribution in [-0.4, -0.2) is 31.7 Å². The molecular formula is C30H27N5O3. The van der Waals surface area contributed by atoms with E-state index in [2.05, 4.69) is 21.6 Å². The van der Waals surface area contributed by atoms with Gasteiger partial charge in [-0.1, -0.05) is 72.8 Å². The van der Waals surface area contributed by atoms with Gasteiger partial charge >= 0.3 is 11.7 Å². The molecule has 2 aromatic heterocycles. The van der Waals surface area contributed by atoms with Crippen LogP contribution in [0.5, 0.6) is 0 Å². The highest BCUT2D eigenvalue weighted by molar-refractivity contribution is 5.95. The van der Waals surface area contributed by atoms with Crippen LogP contribution in [0.2, 0.25) is 0 Å². The first kappa shape index (κ1) is 23.7. The predicted octanol–water partition coefficient (Wildman–Crippen LogP) is 4.87. The second-order valence-corrected chi connectivity index (χ2v) is 9.32. The van der Waals surface area contributed by atoms with E-state index in [1.54, 1.807) is 15.9 Å². The van der Waals surface area contributed by atoms with Crippen LogP contribution in [0.1, 0.15) is 49.1 Å². The van der Waals surface area contributed by atoms with E-state index in [1.165, 1.54) is 0 Å². The Labute approximate surface area is 219 Å². The summed E-state index contributed by atoms with van der Waals surface area (Å²) in [5.41, 5.74) is 3.53. The van der Waals surface area contributed by atoms with Crippen molar-refractivity contribution in [2.45, 2.75) is 32.1 Å². The van der Waals surface area contributed by atoms with Crippen LogP contribution < -0.4 is 11.0 Å². The molecule has 0 amide bonds. The predicted molar refractivity (Wildman–Crippen MR) is 145 cm³/mol. The number of aromatic nitrogens is 4. The summed E-state index contributed by atoms with van der Waals surface area (Å²) in [5, 5.41) is 12.5. The molecule has 8 heteroatoms. The van der Waals surface area contributed by atoms with Crippen LogP contribution in [0.4, 0.5) is 5.82 Å². The summed E-state index contributed by atoms with van der Waals surface area (Å²) < 4.78 is 8.75. The lowest BCUT2D eigenvalue weighted by Crippen LogP contribution is -2.35. The highest BCUT2D eigenvalue weighted by Gasteiger charge is 2.38. The molecule has 2 aromatic carbocycles. The fraction of sp³-hybridized carbons (Fsp3) is 0.200. The van der Waals surface area contributed by atoms with E-state index >= 15 is 0 Å². The molecule has 0 saturated heterocycles. The summed E-state index contributed by atoms with van der Waals surface area (Å²) in [6.07, 6.45) is 8.75. The quantitative estimate of drug-likeness (QED) is 0.389. The van der Waals surface area contributed by atoms with Gasteiger partial charge in [-0.3, -0.25) is 0 Å². The van der Waals surface area contributed by atoms with Crippen molar-refractivity contribution in [2.75, 3.05) is 11.9 Å². The normalized spacial score (nSPS) is 18.4. The molecule has 38 heavy (non-hydrogen) atoms. The van der Waals surface area contributed by atoms with Gasteiger partial charge in [0.15, 0.2) is 5.65 Å². The van der Waals surface area contributed by atoms with E-state index in [4.69, 9.17) is 4.74 Å². The molecule has 1 N–H and O–H groups in total. The van der Waals surface area contributed by atoms with Crippen molar-refractivity contribution in [3.63, 3.8) is 0 Å². The summed E-state index contributed by atoms with van der Waals surface area (Å²) in [7, 11) is 0. The van der Waals surface area contributed by atoms with Crippen LogP contribution in [0.15, 0.2) is 101 Å². The molecule has 0 spiro atoms. The SMILES string of the molecule is CCOC(=O)C1=C(C)Nc2c(c3nnc(C4C=CC=CC4)n3c(=O)n2-c2ccccc2)C1c1ccccc1. The average molecular weight is 506 g/mol. The Morgan fingerprint density at radius 2 is 1.79 bits per heavy atom. The van der Waals surface area contributed by atoms with Gasteiger partial charge in [-0.15, -0.1) is 10.2 Å². The molecular weight excluding hydrogens is 478 g/mol. The summed E-state index contributed by atoms with van der Waals surface area (Å²) in [6.45, 7) is 3.88. The summed E-state index contributed by atoms with van der Waals surface area (Å²) in [5.74, 6) is 0.0922. The molecule has 2 aliphatic rings. The van der Waals surface area contributed by atoms with Crippen molar-refractivity contribution in [3.8, 4) is 5.69 Å². The number of fused-ring (bicyclic) bond motifs is 3. The van der Waals surface area contributed by atoms with E-state index in [9.17, 15) is 9.59 Å². The van der Waals surface area contributed by atoms with Crippen LogP contribution in [0, 0.1) is 0 Å². The smallest absolute Gasteiger partial charge is 0.341 e. The number of para-hydroxylation sites is 1. The zero-order valence-corrected chi connectivity index (χ0v) is 21.2. The molecule has 1 aliphatic heterocycles. The van der Waals surface area contributed by atoms with E-state index in [0.29, 0.717) is 46.2 Å². The standard InChI is InChI=1S/C30H27N5O3/c1-3-38-29(36)23-19(2)31-27-25(24(23)20-13-7-4-8-14-20)28-33-32-26(21-15-9-5-10-16-21)35(28)30(37)34(27)22-17-11-6-12-18-22/h4-15,17-18,21,24,31H,3,16H2,1-2H3. The Hall–Kier alpha value is -4.72. The fourth-order valence-corrected chi connectivity index (χ4v) is 5.36. The Kier molecular flexibility index (Phi) is 5.99. The van der Waals surface area contributed by atoms with Gasteiger partial charge in [0, 0.05) is 11.6 Å². The first-order chi connectivity index (χ1) is 18.6. The van der Waals surface area contributed by atoms with Gasteiger partial charge in [0.2, 0.25) is 0 Å². The van der Waals surface area contributed by atoms with Gasteiger partial charge in [-0.05, 0) is 38.0 Å². The first-order valence-corrected chi connectivity index (χ1v) is 12.7. The second kappa shape index (κ2) is 9.63. The molecule has 0 fully saturated rings. The zero-order chi connectivity index (χ0) is 26.2. The number of hydrogen-bond acceptors (Lipinski definition) is 6. The molecule has 6 rings (SSSR count). The molecule has 2 unspecified atom stereocenters. The van der Waals surface area contributed by atoms with Crippen LogP contribution in [-0.2, 0) is 9.53 Å². The number of anilines is 1. The lowest BCUT2D eigenvalue weighted by molar-refractivity contribution is -0.138. The number of carbonyl (C=O) groups excluding carboxylic acids is 1. The monoisotopic (exact) mass is 505 g/mol. The number of rotatable bonds is 5. The van der Waals surface area contributed by atoms with Crippen molar-refractivity contribution < 1.29 is 9.53 Å². The first-order valence-electron chi connectivity index (χ1n) is 12.7. The van der Waals surface area contributed by atoms with Gasteiger partial charge in [0.05, 0.1) is 29.3 Å². The minimum atomic E-state index is -0.525. The number of allylic oxidation sites excluding steroid dienone is 5. The molecule has 1 aliphatic carbocycles. The van der Waals surface area contributed by atoms with Crippen LogP contribution in [0.25, 0.3) is 11.3 Å². The molecule has 190 valence electrons. The Bertz CT molecular complexity index is 1680. The molecule has 4 aromatic rings. The van der Waals surface area contributed by atoms with E-state index in [1.807, 2.05) is 85.8 Å². The molecule has 3 heterocycles. The van der Waals surface area contributed by atoms with Gasteiger partial charge in [0.25, 0.3) is 0 Å². The van der Waals surface area contributed by atoms with Gasteiger partial charge in [-0.25, -0.2) is 18.6 Å². The van der Waals surface area contributed by atoms with Gasteiger partial charge in [-0.2, -0.15) is 0 Å². The number of benzene rings is 2. The molecule has 2 atom stereocenters. The summed E-state index contributed by atoms with van der Waals surface area (Å²) in [4.78, 5) is 27.6. The number of esters is 1. The van der Waals surface area contributed by atoms with Crippen molar-refractivity contribution in [1.29, 1.82) is 0 Å². The van der Waals surface area contributed by atoms with E-state index in [0.717, 1.165) is 5.56 Å². The topological polar surface area (TPSA) is 90.5 Å². The van der Waals surface area contributed by atoms with Crippen molar-refractivity contribution in [1.82, 2.24) is 19.2 Å². The van der Waals surface area contributed by atoms with Gasteiger partial charge in [0.1, 0.15) is 11.6 Å². The number of nitrogens with zero attached hydrogens (tertiary/aromatic N) is 4. The van der Waals surface area contributed by atoms with Crippen molar-refractivity contribution in [2.24, 2.45) is 0 Å². The van der Waals surface area contributed by atoms with Gasteiger partial charge < -0.3 is 10.1 Å². The minimum absolute atomic E-state index is 0.0986. The molecule has 0 bridgehead atoms. The van der Waals surface area contributed by atoms with E-state index in [-0.39, 0.29) is 18.2 Å². The highest BCUT2D eigenvalue weighted by atomic mass is 16.5. The maximum absolute atomic E-state index is 14.2. The Balaban J connectivity index is 1.73. The van der Waals surface area contributed by atoms with Crippen LogP contribution in [0.3, 0.4) is 0 Å². The van der Waals surface area contributed by atoms with Crippen LogP contribution >= 0.6 is 0 Å². The third kappa shape index (κ3) is 3.76. The molecule has 0 radical (unpaired) electrons. The van der Waals surface area contributed by atoms with Crippen molar-refractivity contribution >= 4 is 17.4 Å². The third-order valence-corrected chi connectivity index (χ3v) is 7.03. The Morgan fingerprint density at radius 1 is 1.05 bits per heavy atom. The number of nitrogens with one attached hydrogen (secondary N) is 1. The number of ether oxygens (including phenoxy) is 1. The summed E-state index contributed by atoms with van der Waals surface area (Å²) >= 11 is 0.